The summed E-state index contributed by atoms with van der Waals surface area (Å²) < 4.78 is 0. The van der Waals surface area contributed by atoms with Crippen LogP contribution in [-0.4, -0.2) is 6.03 Å². The first-order valence-corrected chi connectivity index (χ1v) is 7.37. The molecule has 3 heteroatoms. The molecule has 0 aliphatic carbocycles. The largest absolute Gasteiger partial charge is 0.351 e. The number of amides is 2. The van der Waals surface area contributed by atoms with Crippen molar-refractivity contribution in [2.45, 2.75) is 58.3 Å². The van der Waals surface area contributed by atoms with Crippen LogP contribution in [-0.2, 0) is 6.42 Å². The second-order valence-corrected chi connectivity index (χ2v) is 5.06. The molecule has 1 aromatic rings. The highest BCUT2D eigenvalue weighted by Gasteiger charge is 1.97. The van der Waals surface area contributed by atoms with E-state index < -0.39 is 6.03 Å². The van der Waals surface area contributed by atoms with E-state index in [-0.39, 0.29) is 0 Å². The molecule has 106 valence electrons. The van der Waals surface area contributed by atoms with Crippen molar-refractivity contribution < 1.29 is 4.79 Å². The number of hydrogen-bond acceptors (Lipinski definition) is 1. The molecule has 0 spiro atoms. The van der Waals surface area contributed by atoms with Crippen LogP contribution in [0.5, 0.6) is 0 Å². The zero-order chi connectivity index (χ0) is 13.9. The van der Waals surface area contributed by atoms with Gasteiger partial charge >= 0.3 is 6.03 Å². The maximum absolute atomic E-state index is 10.7. The molecule has 0 aliphatic heterocycles. The van der Waals surface area contributed by atoms with Gasteiger partial charge in [-0.1, -0.05) is 57.6 Å². The van der Waals surface area contributed by atoms with Gasteiger partial charge in [0, 0.05) is 5.69 Å². The average molecular weight is 262 g/mol. The van der Waals surface area contributed by atoms with Gasteiger partial charge in [0.25, 0.3) is 0 Å². The van der Waals surface area contributed by atoms with E-state index in [4.69, 9.17) is 5.73 Å². The predicted octanol–water partition coefficient (Wildman–Crippen LogP) is 4.47. The summed E-state index contributed by atoms with van der Waals surface area (Å²) in [5.74, 6) is 0. The SMILES string of the molecule is CCCCCCCCCc1ccc(NC(N)=O)cc1. The first-order chi connectivity index (χ1) is 9.22. The Kier molecular flexibility index (Phi) is 7.71. The monoisotopic (exact) mass is 262 g/mol. The number of anilines is 1. The van der Waals surface area contributed by atoms with Crippen LogP contribution in [0.3, 0.4) is 0 Å². The van der Waals surface area contributed by atoms with E-state index in [0.717, 1.165) is 12.1 Å². The highest BCUT2D eigenvalue weighted by molar-refractivity contribution is 5.87. The van der Waals surface area contributed by atoms with E-state index in [1.54, 1.807) is 0 Å². The number of urea groups is 1. The van der Waals surface area contributed by atoms with E-state index in [2.05, 4.69) is 24.4 Å². The molecule has 0 saturated carbocycles. The summed E-state index contributed by atoms with van der Waals surface area (Å²) in [4.78, 5) is 10.7. The molecule has 0 fully saturated rings. The Morgan fingerprint density at radius 2 is 1.58 bits per heavy atom. The third-order valence-corrected chi connectivity index (χ3v) is 3.29. The van der Waals surface area contributed by atoms with Crippen molar-refractivity contribution in [2.75, 3.05) is 5.32 Å². The zero-order valence-corrected chi connectivity index (χ0v) is 12.0. The molecule has 0 saturated heterocycles. The second-order valence-electron chi connectivity index (χ2n) is 5.06. The molecule has 0 atom stereocenters. The van der Waals surface area contributed by atoms with Crippen molar-refractivity contribution in [1.82, 2.24) is 0 Å². The van der Waals surface area contributed by atoms with E-state index in [9.17, 15) is 4.79 Å². The van der Waals surface area contributed by atoms with Crippen LogP contribution in [0.4, 0.5) is 10.5 Å². The number of nitrogens with two attached hydrogens (primary N) is 1. The minimum atomic E-state index is -0.514. The van der Waals surface area contributed by atoms with Crippen molar-refractivity contribution in [3.05, 3.63) is 29.8 Å². The lowest BCUT2D eigenvalue weighted by molar-refractivity contribution is 0.259. The Morgan fingerprint density at radius 3 is 2.16 bits per heavy atom. The molecule has 0 aliphatic rings. The maximum Gasteiger partial charge on any atom is 0.316 e. The molecule has 1 aromatic carbocycles. The third-order valence-electron chi connectivity index (χ3n) is 3.29. The van der Waals surface area contributed by atoms with Gasteiger partial charge in [-0.2, -0.15) is 0 Å². The highest BCUT2D eigenvalue weighted by Crippen LogP contribution is 2.13. The number of benzene rings is 1. The van der Waals surface area contributed by atoms with Crippen molar-refractivity contribution in [3.8, 4) is 0 Å². The molecule has 0 heterocycles. The summed E-state index contributed by atoms with van der Waals surface area (Å²) in [5.41, 5.74) is 7.14. The summed E-state index contributed by atoms with van der Waals surface area (Å²) in [7, 11) is 0. The first kappa shape index (κ1) is 15.5. The van der Waals surface area contributed by atoms with Gasteiger partial charge < -0.3 is 11.1 Å². The molecule has 0 aromatic heterocycles. The van der Waals surface area contributed by atoms with Crippen LogP contribution < -0.4 is 11.1 Å². The molecular formula is C16H26N2O. The van der Waals surface area contributed by atoms with Gasteiger partial charge in [-0.05, 0) is 30.5 Å². The smallest absolute Gasteiger partial charge is 0.316 e. The van der Waals surface area contributed by atoms with Crippen molar-refractivity contribution in [2.24, 2.45) is 5.73 Å². The van der Waals surface area contributed by atoms with Gasteiger partial charge in [0.15, 0.2) is 0 Å². The van der Waals surface area contributed by atoms with E-state index in [0.29, 0.717) is 0 Å². The zero-order valence-electron chi connectivity index (χ0n) is 12.0. The molecular weight excluding hydrogens is 236 g/mol. The van der Waals surface area contributed by atoms with Gasteiger partial charge in [-0.25, -0.2) is 4.79 Å². The normalized spacial score (nSPS) is 10.4. The number of aryl methyl sites for hydroxylation is 1. The van der Waals surface area contributed by atoms with Crippen LogP contribution in [0.2, 0.25) is 0 Å². The summed E-state index contributed by atoms with van der Waals surface area (Å²) in [5, 5.41) is 2.57. The summed E-state index contributed by atoms with van der Waals surface area (Å²) in [6.07, 6.45) is 10.4. The molecule has 0 bridgehead atoms. The topological polar surface area (TPSA) is 55.1 Å². The first-order valence-electron chi connectivity index (χ1n) is 7.37. The molecule has 3 N–H and O–H groups in total. The molecule has 1 rings (SSSR count). The van der Waals surface area contributed by atoms with Gasteiger partial charge in [0.1, 0.15) is 0 Å². The minimum Gasteiger partial charge on any atom is -0.351 e. The quantitative estimate of drug-likeness (QED) is 0.634. The molecule has 19 heavy (non-hydrogen) atoms. The van der Waals surface area contributed by atoms with Crippen LogP contribution in [0.25, 0.3) is 0 Å². The Balaban J connectivity index is 2.14. The van der Waals surface area contributed by atoms with Crippen LogP contribution in [0, 0.1) is 0 Å². The number of nitrogens with one attached hydrogen (secondary N) is 1. The summed E-state index contributed by atoms with van der Waals surface area (Å²) in [6.45, 7) is 2.25. The van der Waals surface area contributed by atoms with Crippen molar-refractivity contribution in [3.63, 3.8) is 0 Å². The number of primary amides is 1. The van der Waals surface area contributed by atoms with Crippen molar-refractivity contribution >= 4 is 11.7 Å². The summed E-state index contributed by atoms with van der Waals surface area (Å²) >= 11 is 0. The molecule has 3 nitrogen and oxygen atoms in total. The second kappa shape index (κ2) is 9.42. The standard InChI is InChI=1S/C16H26N2O/c1-2-3-4-5-6-7-8-9-14-10-12-15(13-11-14)18-16(17)19/h10-13H,2-9H2,1H3,(H3,17,18,19). The van der Waals surface area contributed by atoms with Gasteiger partial charge in [-0.3, -0.25) is 0 Å². The minimum absolute atomic E-state index is 0.514. The number of rotatable bonds is 9. The molecule has 0 unspecified atom stereocenters. The highest BCUT2D eigenvalue weighted by atomic mass is 16.2. The Labute approximate surface area is 116 Å². The predicted molar refractivity (Wildman–Crippen MR) is 81.3 cm³/mol. The lowest BCUT2D eigenvalue weighted by atomic mass is 10.0. The van der Waals surface area contributed by atoms with Crippen molar-refractivity contribution in [1.29, 1.82) is 0 Å². The Bertz CT molecular complexity index is 360. The van der Waals surface area contributed by atoms with E-state index >= 15 is 0 Å². The Morgan fingerprint density at radius 1 is 1.00 bits per heavy atom. The fourth-order valence-corrected chi connectivity index (χ4v) is 2.18. The van der Waals surface area contributed by atoms with Crippen LogP contribution >= 0.6 is 0 Å². The van der Waals surface area contributed by atoms with E-state index in [1.807, 2.05) is 12.1 Å². The van der Waals surface area contributed by atoms with Gasteiger partial charge in [0.05, 0.1) is 0 Å². The maximum atomic E-state index is 10.7. The lowest BCUT2D eigenvalue weighted by Crippen LogP contribution is -2.19. The van der Waals surface area contributed by atoms with Crippen LogP contribution in [0.15, 0.2) is 24.3 Å². The molecule has 0 radical (unpaired) electrons. The van der Waals surface area contributed by atoms with E-state index in [1.165, 1.54) is 50.5 Å². The lowest BCUT2D eigenvalue weighted by Gasteiger charge is -2.05. The third kappa shape index (κ3) is 7.50. The number of hydrogen-bond donors (Lipinski definition) is 2. The molecule has 2 amide bonds. The fraction of sp³-hybridized carbons (Fsp3) is 0.562. The van der Waals surface area contributed by atoms with Crippen LogP contribution in [0.1, 0.15) is 57.4 Å². The number of unbranched alkanes of at least 4 members (excludes halogenated alkanes) is 6. The number of carbonyl (C=O) groups is 1. The summed E-state index contributed by atoms with van der Waals surface area (Å²) in [6, 6.07) is 7.41. The average Bonchev–Trinajstić information content (AvgIpc) is 2.39. The van der Waals surface area contributed by atoms with Gasteiger partial charge in [0.2, 0.25) is 0 Å². The Hall–Kier alpha value is -1.51. The number of carbonyl (C=O) groups excluding carboxylic acids is 1. The van der Waals surface area contributed by atoms with Gasteiger partial charge in [-0.15, -0.1) is 0 Å². The fourth-order valence-electron chi connectivity index (χ4n) is 2.18.